The van der Waals surface area contributed by atoms with Crippen LogP contribution in [0.4, 0.5) is 0 Å². The Kier molecular flexibility index (Phi) is 7.75. The van der Waals surface area contributed by atoms with Crippen LogP contribution in [0.1, 0.15) is 17.5 Å². The van der Waals surface area contributed by atoms with Crippen LogP contribution in [-0.2, 0) is 27.3 Å². The predicted octanol–water partition coefficient (Wildman–Crippen LogP) is 3.79. The maximum Gasteiger partial charge on any atom is 0.306 e. The molecule has 0 spiro atoms. The molecular weight excluding hydrogens is 377 g/mol. The quantitative estimate of drug-likeness (QED) is 0.690. The molecule has 0 aliphatic heterocycles. The van der Waals surface area contributed by atoms with Crippen molar-refractivity contribution in [3.8, 4) is 5.75 Å². The average Bonchev–Trinajstić information content (AvgIpc) is 2.64. The number of esters is 1. The molecule has 0 aromatic heterocycles. The van der Waals surface area contributed by atoms with Gasteiger partial charge in [-0.05, 0) is 41.8 Å². The summed E-state index contributed by atoms with van der Waals surface area (Å²) in [5, 5.41) is 3.63. The highest BCUT2D eigenvalue weighted by molar-refractivity contribution is 6.35. The van der Waals surface area contributed by atoms with Gasteiger partial charge in [-0.3, -0.25) is 9.59 Å². The van der Waals surface area contributed by atoms with Gasteiger partial charge in [0, 0.05) is 23.0 Å². The Bertz CT molecular complexity index is 763. The number of methoxy groups -OCH3 is 1. The molecule has 0 aliphatic rings. The first-order valence-electron chi connectivity index (χ1n) is 7.97. The van der Waals surface area contributed by atoms with Crippen molar-refractivity contribution in [2.75, 3.05) is 13.7 Å². The van der Waals surface area contributed by atoms with Crippen LogP contribution in [0.3, 0.4) is 0 Å². The van der Waals surface area contributed by atoms with E-state index in [0.29, 0.717) is 16.5 Å². The lowest BCUT2D eigenvalue weighted by atomic mass is 10.1. The van der Waals surface area contributed by atoms with Crippen LogP contribution in [-0.4, -0.2) is 25.6 Å². The molecule has 0 heterocycles. The lowest BCUT2D eigenvalue weighted by Crippen LogP contribution is -2.28. The Labute approximate surface area is 162 Å². The molecule has 0 saturated heterocycles. The van der Waals surface area contributed by atoms with Crippen LogP contribution in [0, 0.1) is 0 Å². The minimum absolute atomic E-state index is 0.197. The van der Waals surface area contributed by atoms with E-state index in [-0.39, 0.29) is 19.6 Å². The van der Waals surface area contributed by atoms with E-state index in [4.69, 9.17) is 32.7 Å². The molecule has 2 aromatic rings. The fraction of sp³-hybridized carbons (Fsp3) is 0.263. The molecule has 1 amide bonds. The van der Waals surface area contributed by atoms with Gasteiger partial charge in [-0.1, -0.05) is 41.4 Å². The maximum atomic E-state index is 11.8. The summed E-state index contributed by atoms with van der Waals surface area (Å²) in [5.41, 5.74) is 1.72. The first-order chi connectivity index (χ1) is 12.5. The van der Waals surface area contributed by atoms with Gasteiger partial charge in [0.15, 0.2) is 6.61 Å². The SMILES string of the molecule is COc1ccc(CCC(=O)OCC(=O)NCc2ccc(Cl)cc2Cl)cc1. The molecular formula is C19H19Cl2NO4. The van der Waals surface area contributed by atoms with Gasteiger partial charge >= 0.3 is 5.97 Å². The summed E-state index contributed by atoms with van der Waals surface area (Å²) in [6.07, 6.45) is 0.730. The Morgan fingerprint density at radius 3 is 2.46 bits per heavy atom. The molecule has 0 bridgehead atoms. The number of nitrogens with one attached hydrogen (secondary N) is 1. The van der Waals surface area contributed by atoms with E-state index in [1.807, 2.05) is 24.3 Å². The van der Waals surface area contributed by atoms with Gasteiger partial charge in [0.25, 0.3) is 5.91 Å². The van der Waals surface area contributed by atoms with Crippen molar-refractivity contribution < 1.29 is 19.1 Å². The van der Waals surface area contributed by atoms with E-state index in [1.165, 1.54) is 0 Å². The van der Waals surface area contributed by atoms with Gasteiger partial charge in [-0.25, -0.2) is 0 Å². The van der Waals surface area contributed by atoms with Crippen LogP contribution in [0.2, 0.25) is 10.0 Å². The average molecular weight is 396 g/mol. The third-order valence-electron chi connectivity index (χ3n) is 3.63. The van der Waals surface area contributed by atoms with Crippen molar-refractivity contribution in [2.45, 2.75) is 19.4 Å². The van der Waals surface area contributed by atoms with E-state index < -0.39 is 11.9 Å². The molecule has 0 fully saturated rings. The topological polar surface area (TPSA) is 64.6 Å². The molecule has 2 aromatic carbocycles. The molecule has 7 heteroatoms. The van der Waals surface area contributed by atoms with Crippen LogP contribution in [0.25, 0.3) is 0 Å². The fourth-order valence-corrected chi connectivity index (χ4v) is 2.64. The first kappa shape index (κ1) is 20.1. The number of carbonyl (C=O) groups excluding carboxylic acids is 2. The second kappa shape index (κ2) is 10.0. The van der Waals surface area contributed by atoms with Gasteiger partial charge in [-0.15, -0.1) is 0 Å². The molecule has 2 rings (SSSR count). The summed E-state index contributed by atoms with van der Waals surface area (Å²) in [6.45, 7) is -0.0924. The maximum absolute atomic E-state index is 11.8. The van der Waals surface area contributed by atoms with Crippen molar-refractivity contribution in [3.05, 3.63) is 63.6 Å². The predicted molar refractivity (Wildman–Crippen MR) is 101 cm³/mol. The number of benzene rings is 2. The molecule has 26 heavy (non-hydrogen) atoms. The van der Waals surface area contributed by atoms with E-state index >= 15 is 0 Å². The Balaban J connectivity index is 1.68. The lowest BCUT2D eigenvalue weighted by Gasteiger charge is -2.08. The fourth-order valence-electron chi connectivity index (χ4n) is 2.17. The number of rotatable bonds is 8. The summed E-state index contributed by atoms with van der Waals surface area (Å²) in [5.74, 6) is -0.0666. The van der Waals surface area contributed by atoms with Crippen LogP contribution < -0.4 is 10.1 Å². The molecule has 1 N–H and O–H groups in total. The Hall–Kier alpha value is -2.24. The summed E-state index contributed by atoms with van der Waals surface area (Å²) < 4.78 is 10.1. The van der Waals surface area contributed by atoms with Gasteiger partial charge < -0.3 is 14.8 Å². The summed E-state index contributed by atoms with van der Waals surface area (Å²) in [6, 6.07) is 12.4. The van der Waals surface area contributed by atoms with E-state index in [0.717, 1.165) is 16.9 Å². The minimum Gasteiger partial charge on any atom is -0.497 e. The lowest BCUT2D eigenvalue weighted by molar-refractivity contribution is -0.148. The normalized spacial score (nSPS) is 10.3. The molecule has 0 unspecified atom stereocenters. The van der Waals surface area contributed by atoms with Gasteiger partial charge in [-0.2, -0.15) is 0 Å². The number of aryl methyl sites for hydroxylation is 1. The molecule has 0 atom stereocenters. The highest BCUT2D eigenvalue weighted by Crippen LogP contribution is 2.20. The monoisotopic (exact) mass is 395 g/mol. The van der Waals surface area contributed by atoms with Gasteiger partial charge in [0.2, 0.25) is 0 Å². The summed E-state index contributed by atoms with van der Waals surface area (Å²) >= 11 is 11.8. The van der Waals surface area contributed by atoms with Crippen molar-refractivity contribution in [3.63, 3.8) is 0 Å². The third-order valence-corrected chi connectivity index (χ3v) is 4.22. The third kappa shape index (κ3) is 6.58. The zero-order valence-electron chi connectivity index (χ0n) is 14.3. The number of hydrogen-bond acceptors (Lipinski definition) is 4. The number of hydrogen-bond donors (Lipinski definition) is 1. The zero-order valence-corrected chi connectivity index (χ0v) is 15.8. The molecule has 0 saturated carbocycles. The van der Waals surface area contributed by atoms with Crippen molar-refractivity contribution in [1.82, 2.24) is 5.32 Å². The second-order valence-corrected chi connectivity index (χ2v) is 6.36. The van der Waals surface area contributed by atoms with Crippen molar-refractivity contribution >= 4 is 35.1 Å². The molecule has 0 aliphatic carbocycles. The smallest absolute Gasteiger partial charge is 0.306 e. The molecule has 138 valence electrons. The highest BCUT2D eigenvalue weighted by Gasteiger charge is 2.09. The first-order valence-corrected chi connectivity index (χ1v) is 8.72. The van der Waals surface area contributed by atoms with Crippen LogP contribution in [0.5, 0.6) is 5.75 Å². The van der Waals surface area contributed by atoms with Gasteiger partial charge in [0.1, 0.15) is 5.75 Å². The number of amides is 1. The van der Waals surface area contributed by atoms with Crippen molar-refractivity contribution in [1.29, 1.82) is 0 Å². The number of halogens is 2. The molecule has 5 nitrogen and oxygen atoms in total. The van der Waals surface area contributed by atoms with E-state index in [9.17, 15) is 9.59 Å². The highest BCUT2D eigenvalue weighted by atomic mass is 35.5. The summed E-state index contributed by atoms with van der Waals surface area (Å²) in [4.78, 5) is 23.5. The number of carbonyl (C=O) groups is 2. The standard InChI is InChI=1S/C19H19Cl2NO4/c1-25-16-7-2-13(3-8-16)4-9-19(24)26-12-18(23)22-11-14-5-6-15(20)10-17(14)21/h2-3,5-8,10H,4,9,11-12H2,1H3,(H,22,23). The molecule has 0 radical (unpaired) electrons. The van der Waals surface area contributed by atoms with E-state index in [1.54, 1.807) is 25.3 Å². The van der Waals surface area contributed by atoms with Crippen LogP contribution >= 0.6 is 23.2 Å². The largest absolute Gasteiger partial charge is 0.497 e. The summed E-state index contributed by atoms with van der Waals surface area (Å²) in [7, 11) is 1.60. The number of ether oxygens (including phenoxy) is 2. The minimum atomic E-state index is -0.430. The van der Waals surface area contributed by atoms with Crippen molar-refractivity contribution in [2.24, 2.45) is 0 Å². The Morgan fingerprint density at radius 2 is 1.81 bits per heavy atom. The Morgan fingerprint density at radius 1 is 1.08 bits per heavy atom. The van der Waals surface area contributed by atoms with Crippen LogP contribution in [0.15, 0.2) is 42.5 Å². The zero-order chi connectivity index (χ0) is 18.9. The second-order valence-electron chi connectivity index (χ2n) is 5.52. The van der Waals surface area contributed by atoms with E-state index in [2.05, 4.69) is 5.32 Å². The van der Waals surface area contributed by atoms with Gasteiger partial charge in [0.05, 0.1) is 7.11 Å².